The van der Waals surface area contributed by atoms with Gasteiger partial charge in [-0.05, 0) is 23.4 Å². The molecule has 14 heavy (non-hydrogen) atoms. The Morgan fingerprint density at radius 2 is 2.21 bits per heavy atom. The lowest BCUT2D eigenvalue weighted by molar-refractivity contribution is 0.0974. The fourth-order valence-electron chi connectivity index (χ4n) is 1.11. The van der Waals surface area contributed by atoms with Crippen LogP contribution in [0.2, 0.25) is 0 Å². The molecule has 0 radical (unpaired) electrons. The number of Topliss-reactive ketones (excluding diaryl/α,β-unsaturated/α-hetero) is 1. The number of aryl methyl sites for hydroxylation is 1. The predicted molar refractivity (Wildman–Crippen MR) is 52.7 cm³/mol. The van der Waals surface area contributed by atoms with Gasteiger partial charge in [0, 0.05) is 0 Å². The Kier molecular flexibility index (Phi) is 3.39. The molecule has 4 heteroatoms. The zero-order valence-corrected chi connectivity index (χ0v) is 8.47. The molecular weight excluding hydrogens is 196 g/mol. The summed E-state index contributed by atoms with van der Waals surface area (Å²) in [5.41, 5.74) is 0.913. The summed E-state index contributed by atoms with van der Waals surface area (Å²) in [6.45, 7) is 1.94. The van der Waals surface area contributed by atoms with E-state index in [0.29, 0.717) is 4.88 Å². The second-order valence-corrected chi connectivity index (χ2v) is 3.60. The van der Waals surface area contributed by atoms with Crippen LogP contribution in [-0.4, -0.2) is 5.78 Å². The van der Waals surface area contributed by atoms with Gasteiger partial charge in [-0.2, -0.15) is 10.5 Å². The molecule has 0 saturated carbocycles. The van der Waals surface area contributed by atoms with Crippen molar-refractivity contribution in [2.24, 2.45) is 5.92 Å². The Labute approximate surface area is 86.2 Å². The maximum atomic E-state index is 11.6. The summed E-state index contributed by atoms with van der Waals surface area (Å²) in [5, 5.41) is 18.9. The number of rotatable bonds is 3. The van der Waals surface area contributed by atoms with Gasteiger partial charge in [0.25, 0.3) is 0 Å². The van der Waals surface area contributed by atoms with Gasteiger partial charge >= 0.3 is 0 Å². The molecule has 0 saturated heterocycles. The molecule has 0 aliphatic carbocycles. The second-order valence-electron chi connectivity index (χ2n) is 2.68. The van der Waals surface area contributed by atoms with Gasteiger partial charge in [0.05, 0.1) is 17.0 Å². The van der Waals surface area contributed by atoms with Gasteiger partial charge in [0.2, 0.25) is 5.78 Å². The zero-order valence-electron chi connectivity index (χ0n) is 7.65. The van der Waals surface area contributed by atoms with E-state index in [0.717, 1.165) is 12.0 Å². The van der Waals surface area contributed by atoms with Gasteiger partial charge in [0.1, 0.15) is 0 Å². The van der Waals surface area contributed by atoms with E-state index in [1.807, 2.05) is 13.0 Å². The minimum atomic E-state index is -1.17. The first kappa shape index (κ1) is 10.4. The molecule has 0 N–H and O–H groups in total. The fourth-order valence-corrected chi connectivity index (χ4v) is 2.07. The van der Waals surface area contributed by atoms with Crippen LogP contribution in [0.1, 0.15) is 22.2 Å². The topological polar surface area (TPSA) is 64.7 Å². The van der Waals surface area contributed by atoms with E-state index in [1.54, 1.807) is 17.5 Å². The zero-order chi connectivity index (χ0) is 10.6. The van der Waals surface area contributed by atoms with E-state index >= 15 is 0 Å². The van der Waals surface area contributed by atoms with E-state index < -0.39 is 5.92 Å². The molecular formula is C10H8N2OS. The smallest absolute Gasteiger partial charge is 0.204 e. The highest BCUT2D eigenvalue weighted by Crippen LogP contribution is 2.20. The van der Waals surface area contributed by atoms with Crippen LogP contribution in [0.15, 0.2) is 11.4 Å². The van der Waals surface area contributed by atoms with Crippen LogP contribution < -0.4 is 0 Å². The van der Waals surface area contributed by atoms with Gasteiger partial charge in [-0.3, -0.25) is 4.79 Å². The molecule has 0 unspecified atom stereocenters. The summed E-state index contributed by atoms with van der Waals surface area (Å²) >= 11 is 1.29. The van der Waals surface area contributed by atoms with E-state index in [-0.39, 0.29) is 5.78 Å². The maximum Gasteiger partial charge on any atom is 0.204 e. The summed E-state index contributed by atoms with van der Waals surface area (Å²) in [5.74, 6) is -1.54. The van der Waals surface area contributed by atoms with Gasteiger partial charge < -0.3 is 0 Å². The first-order chi connectivity index (χ1) is 6.74. The average molecular weight is 204 g/mol. The molecule has 0 amide bonds. The van der Waals surface area contributed by atoms with E-state index in [4.69, 9.17) is 10.5 Å². The largest absolute Gasteiger partial charge is 0.291 e. The maximum absolute atomic E-state index is 11.6. The number of hydrogen-bond acceptors (Lipinski definition) is 4. The van der Waals surface area contributed by atoms with Crippen molar-refractivity contribution >= 4 is 17.1 Å². The number of ketones is 1. The van der Waals surface area contributed by atoms with Crippen LogP contribution in [0, 0.1) is 28.6 Å². The normalized spacial score (nSPS) is 9.43. The van der Waals surface area contributed by atoms with Gasteiger partial charge in [-0.15, -0.1) is 11.3 Å². The van der Waals surface area contributed by atoms with Crippen LogP contribution in [0.4, 0.5) is 0 Å². The highest BCUT2D eigenvalue weighted by atomic mass is 32.1. The van der Waals surface area contributed by atoms with Crippen LogP contribution >= 0.6 is 11.3 Å². The minimum Gasteiger partial charge on any atom is -0.291 e. The third-order valence-corrected chi connectivity index (χ3v) is 2.84. The monoisotopic (exact) mass is 204 g/mol. The van der Waals surface area contributed by atoms with Crippen LogP contribution in [0.3, 0.4) is 0 Å². The lowest BCUT2D eigenvalue weighted by Gasteiger charge is -1.99. The van der Waals surface area contributed by atoms with Crippen LogP contribution in [0.5, 0.6) is 0 Å². The average Bonchev–Trinajstić information content (AvgIpc) is 2.67. The summed E-state index contributed by atoms with van der Waals surface area (Å²) in [6, 6.07) is 5.23. The van der Waals surface area contributed by atoms with Crippen molar-refractivity contribution < 1.29 is 4.79 Å². The molecule has 0 aromatic carbocycles. The number of nitrogens with zero attached hydrogens (tertiary/aromatic N) is 2. The highest BCUT2D eigenvalue weighted by Gasteiger charge is 2.22. The SMILES string of the molecule is CCc1ccsc1C(=O)C(C#N)C#N. The Balaban J connectivity index is 3.02. The third-order valence-electron chi connectivity index (χ3n) is 1.87. The first-order valence-corrected chi connectivity index (χ1v) is 5.02. The molecule has 0 atom stereocenters. The third kappa shape index (κ3) is 1.81. The van der Waals surface area contributed by atoms with Crippen molar-refractivity contribution in [3.63, 3.8) is 0 Å². The number of hydrogen-bond donors (Lipinski definition) is 0. The van der Waals surface area contributed by atoms with Gasteiger partial charge in [-0.1, -0.05) is 6.92 Å². The van der Waals surface area contributed by atoms with E-state index in [9.17, 15) is 4.79 Å². The summed E-state index contributed by atoms with van der Waals surface area (Å²) in [6.07, 6.45) is 0.744. The number of carbonyl (C=O) groups excluding carboxylic acids is 1. The Morgan fingerprint density at radius 3 is 2.71 bits per heavy atom. The molecule has 3 nitrogen and oxygen atoms in total. The lowest BCUT2D eigenvalue weighted by atomic mass is 10.0. The molecule has 1 rings (SSSR count). The Bertz CT molecular complexity index is 408. The molecule has 0 fully saturated rings. The molecule has 0 bridgehead atoms. The van der Waals surface area contributed by atoms with Gasteiger partial charge in [-0.25, -0.2) is 0 Å². The number of thiophene rings is 1. The molecule has 1 aromatic rings. The molecule has 0 aliphatic rings. The Morgan fingerprint density at radius 1 is 1.57 bits per heavy atom. The minimum absolute atomic E-state index is 0.373. The fraction of sp³-hybridized carbons (Fsp3) is 0.300. The molecule has 0 aliphatic heterocycles. The quantitative estimate of drug-likeness (QED) is 0.708. The number of nitriles is 2. The van der Waals surface area contributed by atoms with Crippen LogP contribution in [0.25, 0.3) is 0 Å². The van der Waals surface area contributed by atoms with Gasteiger partial charge in [0.15, 0.2) is 5.92 Å². The summed E-state index contributed by atoms with van der Waals surface area (Å²) in [4.78, 5) is 12.2. The van der Waals surface area contributed by atoms with Crippen molar-refractivity contribution in [1.82, 2.24) is 0 Å². The molecule has 0 spiro atoms. The number of carbonyl (C=O) groups is 1. The Hall–Kier alpha value is -1.65. The predicted octanol–water partition coefficient (Wildman–Crippen LogP) is 2.16. The molecule has 1 aromatic heterocycles. The first-order valence-electron chi connectivity index (χ1n) is 4.14. The second kappa shape index (κ2) is 4.55. The standard InChI is InChI=1S/C10H8N2OS/c1-2-7-3-4-14-10(7)9(13)8(5-11)6-12/h3-4,8H,2H2,1H3. The highest BCUT2D eigenvalue weighted by molar-refractivity contribution is 7.12. The van der Waals surface area contributed by atoms with E-state index in [1.165, 1.54) is 11.3 Å². The molecule has 1 heterocycles. The molecule has 70 valence electrons. The van der Waals surface area contributed by atoms with Crippen molar-refractivity contribution in [3.8, 4) is 12.1 Å². The van der Waals surface area contributed by atoms with E-state index in [2.05, 4.69) is 0 Å². The summed E-state index contributed by atoms with van der Waals surface area (Å²) < 4.78 is 0. The van der Waals surface area contributed by atoms with Crippen LogP contribution in [-0.2, 0) is 6.42 Å². The summed E-state index contributed by atoms with van der Waals surface area (Å²) in [7, 11) is 0. The van der Waals surface area contributed by atoms with Crippen molar-refractivity contribution in [2.45, 2.75) is 13.3 Å². The van der Waals surface area contributed by atoms with Crippen molar-refractivity contribution in [1.29, 1.82) is 10.5 Å². The lowest BCUT2D eigenvalue weighted by Crippen LogP contribution is -2.10. The van der Waals surface area contributed by atoms with Crippen molar-refractivity contribution in [2.75, 3.05) is 0 Å². The van der Waals surface area contributed by atoms with Crippen molar-refractivity contribution in [3.05, 3.63) is 21.9 Å².